The molecule has 210 valence electrons. The number of carbonyl (C=O) groups is 4. The lowest BCUT2D eigenvalue weighted by molar-refractivity contribution is -0.321. The van der Waals surface area contributed by atoms with Gasteiger partial charge in [-0.05, 0) is 49.9 Å². The second kappa shape index (κ2) is 12.6. The molecule has 0 aromatic rings. The van der Waals surface area contributed by atoms with Crippen molar-refractivity contribution in [1.82, 2.24) is 15.5 Å². The smallest absolute Gasteiger partial charge is 0.383 e. The summed E-state index contributed by atoms with van der Waals surface area (Å²) in [6, 6.07) is -2.34. The summed E-state index contributed by atoms with van der Waals surface area (Å²) in [5.41, 5.74) is 0. The molecule has 1 aliphatic carbocycles. The number of Topliss-reactive ketones (excluding diaryl/α,β-unsaturated/α-hetero) is 1. The molecule has 0 unspecified atom stereocenters. The van der Waals surface area contributed by atoms with Gasteiger partial charge in [-0.2, -0.15) is 0 Å². The van der Waals surface area contributed by atoms with E-state index < -0.39 is 54.7 Å². The van der Waals surface area contributed by atoms with Gasteiger partial charge >= 0.3 is 6.36 Å². The van der Waals surface area contributed by atoms with E-state index in [1.807, 2.05) is 13.8 Å². The molecular formula is C25H38F3N3O6. The van der Waals surface area contributed by atoms with Gasteiger partial charge in [0, 0.05) is 19.0 Å². The van der Waals surface area contributed by atoms with E-state index in [2.05, 4.69) is 15.4 Å². The van der Waals surface area contributed by atoms with Gasteiger partial charge in [-0.1, -0.05) is 33.1 Å². The number of ether oxygens (including phenoxy) is 1. The molecule has 37 heavy (non-hydrogen) atoms. The van der Waals surface area contributed by atoms with Crippen LogP contribution >= 0.6 is 0 Å². The Balaban J connectivity index is 1.74. The quantitative estimate of drug-likeness (QED) is 0.352. The lowest BCUT2D eigenvalue weighted by Gasteiger charge is -2.29. The van der Waals surface area contributed by atoms with Crippen LogP contribution in [0.1, 0.15) is 65.2 Å². The normalized spacial score (nSPS) is 26.1. The lowest BCUT2D eigenvalue weighted by Crippen LogP contribution is -2.53. The van der Waals surface area contributed by atoms with Crippen molar-refractivity contribution in [2.75, 3.05) is 19.7 Å². The first-order valence-electron chi connectivity index (χ1n) is 13.1. The van der Waals surface area contributed by atoms with E-state index in [-0.39, 0.29) is 30.6 Å². The van der Waals surface area contributed by atoms with Crippen LogP contribution in [0.25, 0.3) is 0 Å². The average Bonchev–Trinajstić information content (AvgIpc) is 3.38. The molecule has 3 amide bonds. The maximum absolute atomic E-state index is 13.4. The van der Waals surface area contributed by atoms with E-state index in [1.165, 1.54) is 4.90 Å². The Kier molecular flexibility index (Phi) is 9.96. The second-order valence-electron chi connectivity index (χ2n) is 11.1. The molecule has 0 aromatic heterocycles. The number of ketones is 1. The standard InChI is InChI=1S/C25H38F3N3O6/c1-14(2)8-20(32)24(36)31-12-16(9-15-4-3-5-15)10-19(31)23(35)30-18(11-17-6-7-29-22(17)34)21(33)13-37-25(26,27)28/h14-20,32H,3-13H2,1-2H3,(H,29,34)(H,30,35)/t16-,17-,18-,19-,20+/m0/s1. The summed E-state index contributed by atoms with van der Waals surface area (Å²) in [6.07, 6.45) is -1.34. The third kappa shape index (κ3) is 8.39. The zero-order chi connectivity index (χ0) is 27.3. The van der Waals surface area contributed by atoms with Crippen LogP contribution in [0.3, 0.4) is 0 Å². The third-order valence-corrected chi connectivity index (χ3v) is 7.61. The second-order valence-corrected chi connectivity index (χ2v) is 11.1. The molecule has 1 saturated carbocycles. The van der Waals surface area contributed by atoms with E-state index in [9.17, 15) is 37.5 Å². The maximum Gasteiger partial charge on any atom is 0.522 e. The molecule has 5 atom stereocenters. The molecule has 0 aromatic carbocycles. The summed E-state index contributed by atoms with van der Waals surface area (Å²) in [4.78, 5) is 52.5. The van der Waals surface area contributed by atoms with Gasteiger partial charge in [-0.15, -0.1) is 13.2 Å². The predicted octanol–water partition coefficient (Wildman–Crippen LogP) is 1.92. The van der Waals surface area contributed by atoms with Crippen molar-refractivity contribution in [3.05, 3.63) is 0 Å². The summed E-state index contributed by atoms with van der Waals surface area (Å²) >= 11 is 0. The van der Waals surface area contributed by atoms with Gasteiger partial charge in [0.25, 0.3) is 5.91 Å². The minimum absolute atomic E-state index is 0.0413. The van der Waals surface area contributed by atoms with E-state index in [1.54, 1.807) is 0 Å². The van der Waals surface area contributed by atoms with Crippen molar-refractivity contribution >= 4 is 23.5 Å². The number of likely N-dealkylation sites (tertiary alicyclic amines) is 1. The number of rotatable bonds is 12. The van der Waals surface area contributed by atoms with Crippen molar-refractivity contribution in [3.8, 4) is 0 Å². The first kappa shape index (κ1) is 29.3. The Labute approximate surface area is 214 Å². The van der Waals surface area contributed by atoms with Gasteiger partial charge in [0.05, 0.1) is 6.04 Å². The summed E-state index contributed by atoms with van der Waals surface area (Å²) in [5.74, 6) is -2.61. The van der Waals surface area contributed by atoms with Crippen LogP contribution in [0.15, 0.2) is 0 Å². The molecule has 12 heteroatoms. The van der Waals surface area contributed by atoms with Crippen molar-refractivity contribution in [3.63, 3.8) is 0 Å². The Bertz CT molecular complexity index is 848. The average molecular weight is 534 g/mol. The van der Waals surface area contributed by atoms with Crippen LogP contribution in [0, 0.1) is 23.7 Å². The fourth-order valence-corrected chi connectivity index (χ4v) is 5.47. The Morgan fingerprint density at radius 2 is 1.89 bits per heavy atom. The first-order chi connectivity index (χ1) is 17.3. The van der Waals surface area contributed by atoms with Crippen LogP contribution < -0.4 is 10.6 Å². The fourth-order valence-electron chi connectivity index (χ4n) is 5.47. The zero-order valence-electron chi connectivity index (χ0n) is 21.4. The number of nitrogens with one attached hydrogen (secondary N) is 2. The Hall–Kier alpha value is -2.21. The number of carbonyl (C=O) groups excluding carboxylic acids is 4. The van der Waals surface area contributed by atoms with Crippen LogP contribution in [0.5, 0.6) is 0 Å². The van der Waals surface area contributed by atoms with Gasteiger partial charge < -0.3 is 20.6 Å². The highest BCUT2D eigenvalue weighted by atomic mass is 19.4. The topological polar surface area (TPSA) is 125 Å². The number of aliphatic hydroxyl groups is 1. The van der Waals surface area contributed by atoms with E-state index in [0.717, 1.165) is 25.7 Å². The SMILES string of the molecule is CC(C)C[C@@H](O)C(=O)N1C[C@@H](CC2CCC2)C[C@H]1C(=O)N[C@@H](C[C@@H]1CCNC1=O)C(=O)COC(F)(F)F. The number of hydrogen-bond acceptors (Lipinski definition) is 6. The molecule has 2 heterocycles. The van der Waals surface area contributed by atoms with Gasteiger partial charge in [0.1, 0.15) is 18.8 Å². The number of nitrogens with zero attached hydrogens (tertiary/aromatic N) is 1. The van der Waals surface area contributed by atoms with E-state index >= 15 is 0 Å². The van der Waals surface area contributed by atoms with Gasteiger partial charge in [-0.25, -0.2) is 0 Å². The van der Waals surface area contributed by atoms with Crippen molar-refractivity contribution in [2.45, 2.75) is 89.8 Å². The molecular weight excluding hydrogens is 495 g/mol. The van der Waals surface area contributed by atoms with Gasteiger partial charge in [-0.3, -0.25) is 23.9 Å². The van der Waals surface area contributed by atoms with Gasteiger partial charge in [0.15, 0.2) is 5.78 Å². The largest absolute Gasteiger partial charge is 0.522 e. The molecule has 0 bridgehead atoms. The zero-order valence-corrected chi connectivity index (χ0v) is 21.4. The molecule has 2 aliphatic heterocycles. The highest BCUT2D eigenvalue weighted by molar-refractivity contribution is 5.94. The first-order valence-corrected chi connectivity index (χ1v) is 13.1. The van der Waals surface area contributed by atoms with Crippen molar-refractivity contribution in [2.24, 2.45) is 23.7 Å². The maximum atomic E-state index is 13.4. The number of alkyl halides is 3. The summed E-state index contributed by atoms with van der Waals surface area (Å²) < 4.78 is 41.3. The Morgan fingerprint density at radius 3 is 2.43 bits per heavy atom. The highest BCUT2D eigenvalue weighted by Crippen LogP contribution is 2.37. The molecule has 3 fully saturated rings. The number of amides is 3. The Morgan fingerprint density at radius 1 is 1.19 bits per heavy atom. The minimum Gasteiger partial charge on any atom is -0.383 e. The van der Waals surface area contributed by atoms with Crippen molar-refractivity contribution in [1.29, 1.82) is 0 Å². The number of aliphatic hydroxyl groups excluding tert-OH is 1. The molecule has 3 aliphatic rings. The van der Waals surface area contributed by atoms with Crippen LogP contribution in [0.4, 0.5) is 13.2 Å². The highest BCUT2D eigenvalue weighted by Gasteiger charge is 2.44. The molecule has 2 saturated heterocycles. The third-order valence-electron chi connectivity index (χ3n) is 7.61. The van der Waals surface area contributed by atoms with Gasteiger partial charge in [0.2, 0.25) is 11.8 Å². The minimum atomic E-state index is -5.02. The number of halogens is 3. The predicted molar refractivity (Wildman–Crippen MR) is 126 cm³/mol. The van der Waals surface area contributed by atoms with Crippen LogP contribution in [-0.4, -0.2) is 77.8 Å². The molecule has 3 N–H and O–H groups in total. The summed E-state index contributed by atoms with van der Waals surface area (Å²) in [5, 5.41) is 15.6. The number of hydrogen-bond donors (Lipinski definition) is 3. The fraction of sp³-hybridized carbons (Fsp3) is 0.840. The molecule has 0 spiro atoms. The van der Waals surface area contributed by atoms with Crippen molar-refractivity contribution < 1.29 is 42.2 Å². The van der Waals surface area contributed by atoms with Crippen LogP contribution in [0.2, 0.25) is 0 Å². The molecule has 3 rings (SSSR count). The van der Waals surface area contributed by atoms with E-state index in [4.69, 9.17) is 0 Å². The molecule has 0 radical (unpaired) electrons. The van der Waals surface area contributed by atoms with E-state index in [0.29, 0.717) is 31.8 Å². The monoisotopic (exact) mass is 533 g/mol. The summed E-state index contributed by atoms with van der Waals surface area (Å²) in [7, 11) is 0. The van der Waals surface area contributed by atoms with Crippen LogP contribution in [-0.2, 0) is 23.9 Å². The molecule has 9 nitrogen and oxygen atoms in total. The summed E-state index contributed by atoms with van der Waals surface area (Å²) in [6.45, 7) is 3.10. The lowest BCUT2D eigenvalue weighted by atomic mass is 9.78.